The molecule has 8 nitrogen and oxygen atoms in total. The van der Waals surface area contributed by atoms with Gasteiger partial charge >= 0.3 is 0 Å². The van der Waals surface area contributed by atoms with Crippen LogP contribution >= 0.6 is 0 Å². The van der Waals surface area contributed by atoms with Crippen LogP contribution in [0.3, 0.4) is 0 Å². The summed E-state index contributed by atoms with van der Waals surface area (Å²) in [4.78, 5) is 0.293. The van der Waals surface area contributed by atoms with E-state index in [9.17, 15) is 13.5 Å². The molecule has 0 bridgehead atoms. The Morgan fingerprint density at radius 2 is 1.65 bits per heavy atom. The second-order valence-electron chi connectivity index (χ2n) is 13.1. The molecule has 1 aliphatic heterocycles. The second-order valence-corrected chi connectivity index (χ2v) is 14.8. The third-order valence-corrected chi connectivity index (χ3v) is 9.88. The van der Waals surface area contributed by atoms with Crippen LogP contribution in [0.4, 0.5) is 0 Å². The minimum absolute atomic E-state index is 0.293. The molecule has 1 atom stereocenters. The van der Waals surface area contributed by atoms with Crippen LogP contribution in [0.1, 0.15) is 94.6 Å². The molecule has 3 aromatic rings. The summed E-state index contributed by atoms with van der Waals surface area (Å²) in [6.45, 7) is 10.9. The molecule has 4 rings (SSSR count). The van der Waals surface area contributed by atoms with Crippen LogP contribution in [-0.2, 0) is 38.1 Å². The molecule has 0 aromatic heterocycles. The molecule has 0 amide bonds. The van der Waals surface area contributed by atoms with Crippen molar-refractivity contribution in [2.45, 2.75) is 102 Å². The van der Waals surface area contributed by atoms with Gasteiger partial charge in [-0.05, 0) is 93.5 Å². The van der Waals surface area contributed by atoms with Gasteiger partial charge in [0.1, 0.15) is 5.75 Å². The van der Waals surface area contributed by atoms with Gasteiger partial charge in [-0.25, -0.2) is 13.1 Å². The summed E-state index contributed by atoms with van der Waals surface area (Å²) in [6, 6.07) is 22.6. The Kier molecular flexibility index (Phi) is 13.2. The van der Waals surface area contributed by atoms with Gasteiger partial charge < -0.3 is 24.6 Å². The van der Waals surface area contributed by atoms with E-state index in [4.69, 9.17) is 14.2 Å². The van der Waals surface area contributed by atoms with Crippen molar-refractivity contribution in [1.29, 1.82) is 0 Å². The van der Waals surface area contributed by atoms with Crippen molar-refractivity contribution < 1.29 is 27.7 Å². The van der Waals surface area contributed by atoms with E-state index in [2.05, 4.69) is 10.0 Å². The van der Waals surface area contributed by atoms with E-state index in [0.717, 1.165) is 86.1 Å². The average molecular weight is 653 g/mol. The van der Waals surface area contributed by atoms with Gasteiger partial charge in [-0.15, -0.1) is 0 Å². The largest absolute Gasteiger partial charge is 0.463 e. The van der Waals surface area contributed by atoms with Crippen molar-refractivity contribution in [2.75, 3.05) is 26.3 Å². The number of fused-ring (bicyclic) bond motifs is 1. The fourth-order valence-electron chi connectivity index (χ4n) is 5.54. The first kappa shape index (κ1) is 36.1. The zero-order chi connectivity index (χ0) is 33.0. The first-order valence-electron chi connectivity index (χ1n) is 16.6. The smallest absolute Gasteiger partial charge is 0.241 e. The number of aryl methyl sites for hydroxylation is 1. The fourth-order valence-corrected chi connectivity index (χ4v) is 7.01. The normalized spacial score (nSPS) is 15.2. The lowest BCUT2D eigenvalue weighted by Gasteiger charge is -2.33. The van der Waals surface area contributed by atoms with Crippen LogP contribution in [0.15, 0.2) is 77.7 Å². The van der Waals surface area contributed by atoms with E-state index >= 15 is 0 Å². The Morgan fingerprint density at radius 3 is 2.43 bits per heavy atom. The Hall–Kier alpha value is -2.79. The highest BCUT2D eigenvalue weighted by Crippen LogP contribution is 2.33. The van der Waals surface area contributed by atoms with Gasteiger partial charge in [0.15, 0.2) is 0 Å². The highest BCUT2D eigenvalue weighted by Gasteiger charge is 2.29. The van der Waals surface area contributed by atoms with Crippen LogP contribution in [0.5, 0.6) is 5.75 Å². The summed E-state index contributed by atoms with van der Waals surface area (Å²) < 4.78 is 46.5. The summed E-state index contributed by atoms with van der Waals surface area (Å²) >= 11 is 0. The molecule has 0 fully saturated rings. The zero-order valence-corrected chi connectivity index (χ0v) is 28.7. The number of ether oxygens (including phenoxy) is 3. The van der Waals surface area contributed by atoms with Crippen LogP contribution in [0.2, 0.25) is 0 Å². The van der Waals surface area contributed by atoms with E-state index in [1.807, 2.05) is 88.4 Å². The molecule has 9 heteroatoms. The molecular weight excluding hydrogens is 600 g/mol. The number of rotatable bonds is 19. The lowest BCUT2D eigenvalue weighted by molar-refractivity contribution is -0.180. The Labute approximate surface area is 275 Å². The summed E-state index contributed by atoms with van der Waals surface area (Å²) in [5.74, 6) is 0.197. The molecular formula is C37H52N2O6S. The van der Waals surface area contributed by atoms with Crippen molar-refractivity contribution in [3.8, 4) is 5.75 Å². The van der Waals surface area contributed by atoms with Crippen molar-refractivity contribution in [3.05, 3.63) is 95.1 Å². The lowest BCUT2D eigenvalue weighted by Crippen LogP contribution is -2.40. The number of aliphatic hydroxyl groups excluding tert-OH is 1. The monoisotopic (exact) mass is 652 g/mol. The Morgan fingerprint density at radius 1 is 0.913 bits per heavy atom. The third kappa shape index (κ3) is 11.2. The van der Waals surface area contributed by atoms with Crippen LogP contribution < -0.4 is 14.8 Å². The van der Waals surface area contributed by atoms with Gasteiger partial charge in [-0.1, -0.05) is 61.4 Å². The summed E-state index contributed by atoms with van der Waals surface area (Å²) in [5, 5.41) is 13.9. The summed E-state index contributed by atoms with van der Waals surface area (Å²) in [5.41, 5.74) is 3.04. The zero-order valence-electron chi connectivity index (χ0n) is 27.9. The molecule has 3 N–H and O–H groups in total. The maximum Gasteiger partial charge on any atom is 0.241 e. The summed E-state index contributed by atoms with van der Waals surface area (Å²) in [7, 11) is -3.66. The molecule has 0 saturated carbocycles. The molecule has 252 valence electrons. The number of hydrogen-bond donors (Lipinski definition) is 3. The first-order chi connectivity index (χ1) is 22.0. The second kappa shape index (κ2) is 16.9. The molecule has 0 saturated heterocycles. The van der Waals surface area contributed by atoms with E-state index in [-0.39, 0.29) is 0 Å². The molecule has 0 aliphatic carbocycles. The highest BCUT2D eigenvalue weighted by molar-refractivity contribution is 7.89. The van der Waals surface area contributed by atoms with Crippen LogP contribution in [-0.4, -0.2) is 45.6 Å². The fraction of sp³-hybridized carbons (Fsp3) is 0.514. The quantitative estimate of drug-likeness (QED) is 0.123. The van der Waals surface area contributed by atoms with E-state index < -0.39 is 27.5 Å². The van der Waals surface area contributed by atoms with Crippen molar-refractivity contribution >= 4 is 10.0 Å². The minimum atomic E-state index is -3.66. The Bertz CT molecular complexity index is 1480. The average Bonchev–Trinajstić information content (AvgIpc) is 3.02. The molecule has 3 aromatic carbocycles. The van der Waals surface area contributed by atoms with E-state index in [0.29, 0.717) is 24.7 Å². The molecule has 1 aliphatic rings. The third-order valence-electron chi connectivity index (χ3n) is 8.23. The van der Waals surface area contributed by atoms with Gasteiger partial charge in [0.25, 0.3) is 0 Å². The Balaban J connectivity index is 1.02. The molecule has 46 heavy (non-hydrogen) atoms. The van der Waals surface area contributed by atoms with Crippen LogP contribution in [0.25, 0.3) is 0 Å². The SMILES string of the molecule is CC1(C)OCc2cc([C@@H](O)CNCCCCCCOCCCCc3cccc(S(=O)(=O)NC(C)(C)c4ccccc4)c3)ccc2O1. The number of sulfonamides is 1. The van der Waals surface area contributed by atoms with Crippen molar-refractivity contribution in [3.63, 3.8) is 0 Å². The standard InChI is InChI=1S/C37H52N2O6S/c1-36(2,32-17-8-7-9-18-32)39-46(41,42)33-19-14-16-29(25-33)15-10-13-24-43-23-12-6-5-11-22-38-27-34(40)30-20-21-35-31(26-30)28-44-37(3,4)45-35/h7-9,14,16-21,25-26,34,38-40H,5-6,10-13,15,22-24,27-28H2,1-4H3/t34-/m0/s1. The van der Waals surface area contributed by atoms with Crippen molar-refractivity contribution in [2.24, 2.45) is 0 Å². The maximum atomic E-state index is 13.1. The predicted octanol–water partition coefficient (Wildman–Crippen LogP) is 6.77. The lowest BCUT2D eigenvalue weighted by atomic mass is 9.96. The van der Waals surface area contributed by atoms with Gasteiger partial charge in [-0.2, -0.15) is 0 Å². The number of benzene rings is 3. The molecule has 0 radical (unpaired) electrons. The number of unbranched alkanes of at least 4 members (excludes halogenated alkanes) is 4. The number of nitrogens with one attached hydrogen (secondary N) is 2. The van der Waals surface area contributed by atoms with E-state index in [1.165, 1.54) is 0 Å². The van der Waals surface area contributed by atoms with Gasteiger partial charge in [0.05, 0.1) is 23.1 Å². The van der Waals surface area contributed by atoms with E-state index in [1.54, 1.807) is 12.1 Å². The number of hydrogen-bond acceptors (Lipinski definition) is 7. The predicted molar refractivity (Wildman–Crippen MR) is 182 cm³/mol. The molecule has 0 spiro atoms. The van der Waals surface area contributed by atoms with Gasteiger partial charge in [-0.3, -0.25) is 0 Å². The van der Waals surface area contributed by atoms with Gasteiger partial charge in [0, 0.05) is 39.2 Å². The topological polar surface area (TPSA) is 106 Å². The maximum absolute atomic E-state index is 13.1. The van der Waals surface area contributed by atoms with Crippen molar-refractivity contribution in [1.82, 2.24) is 10.0 Å². The summed E-state index contributed by atoms with van der Waals surface area (Å²) in [6.07, 6.45) is 6.44. The first-order valence-corrected chi connectivity index (χ1v) is 18.0. The molecule has 1 heterocycles. The highest BCUT2D eigenvalue weighted by atomic mass is 32.2. The number of aliphatic hydroxyl groups is 1. The minimum Gasteiger partial charge on any atom is -0.463 e. The molecule has 0 unspecified atom stereocenters. The van der Waals surface area contributed by atoms with Crippen LogP contribution in [0, 0.1) is 0 Å². The van der Waals surface area contributed by atoms with Gasteiger partial charge in [0.2, 0.25) is 15.8 Å².